The van der Waals surface area contributed by atoms with Crippen LogP contribution in [0.5, 0.6) is 0 Å². The van der Waals surface area contributed by atoms with E-state index >= 15 is 0 Å². The van der Waals surface area contributed by atoms with E-state index in [1.54, 1.807) is 12.3 Å². The normalized spacial score (nSPS) is 14.6. The average molecular weight is 395 g/mol. The Balaban J connectivity index is 1.39. The van der Waals surface area contributed by atoms with E-state index in [0.717, 1.165) is 34.6 Å². The van der Waals surface area contributed by atoms with Crippen LogP contribution in [0.4, 0.5) is 16.2 Å². The maximum atomic E-state index is 12.7. The first-order valence-electron chi connectivity index (χ1n) is 9.61. The summed E-state index contributed by atoms with van der Waals surface area (Å²) in [4.78, 5) is 40.3. The van der Waals surface area contributed by atoms with Crippen molar-refractivity contribution in [1.82, 2.24) is 24.8 Å². The molecule has 1 fully saturated rings. The van der Waals surface area contributed by atoms with Gasteiger partial charge in [-0.3, -0.25) is 4.98 Å². The lowest BCUT2D eigenvalue weighted by Gasteiger charge is -2.36. The van der Waals surface area contributed by atoms with E-state index in [4.69, 9.17) is 0 Å². The molecule has 0 spiro atoms. The van der Waals surface area contributed by atoms with Gasteiger partial charge in [-0.05, 0) is 38.4 Å². The number of aromatic nitrogens is 3. The van der Waals surface area contributed by atoms with Crippen LogP contribution in [-0.4, -0.2) is 71.1 Å². The number of hydrogen-bond donors (Lipinski definition) is 3. The summed E-state index contributed by atoms with van der Waals surface area (Å²) in [5.74, 6) is 0. The molecule has 0 radical (unpaired) electrons. The molecule has 0 bridgehead atoms. The van der Waals surface area contributed by atoms with E-state index in [2.05, 4.69) is 25.2 Å². The van der Waals surface area contributed by atoms with Crippen molar-refractivity contribution in [2.75, 3.05) is 50.5 Å². The maximum Gasteiger partial charge on any atom is 0.323 e. The number of pyridine rings is 1. The van der Waals surface area contributed by atoms with E-state index in [-0.39, 0.29) is 11.7 Å². The molecule has 152 valence electrons. The van der Waals surface area contributed by atoms with Crippen molar-refractivity contribution >= 4 is 28.4 Å². The lowest BCUT2D eigenvalue weighted by molar-refractivity contribution is 0.208. The number of fused-ring (bicyclic) bond motifs is 1. The summed E-state index contributed by atoms with van der Waals surface area (Å²) in [6.45, 7) is 3.32. The predicted octanol–water partition coefficient (Wildman–Crippen LogP) is 1.67. The summed E-state index contributed by atoms with van der Waals surface area (Å²) in [5.41, 5.74) is 4.02. The molecular formula is C20H25N7O2. The highest BCUT2D eigenvalue weighted by molar-refractivity contribution is 5.90. The Morgan fingerprint density at radius 2 is 1.97 bits per heavy atom. The van der Waals surface area contributed by atoms with Gasteiger partial charge >= 0.3 is 11.7 Å². The Hall–Kier alpha value is -3.33. The molecule has 9 heteroatoms. The summed E-state index contributed by atoms with van der Waals surface area (Å²) in [6.07, 6.45) is 1.71. The number of amides is 2. The summed E-state index contributed by atoms with van der Waals surface area (Å²) in [5, 5.41) is 2.97. The van der Waals surface area contributed by atoms with Crippen LogP contribution in [0.2, 0.25) is 0 Å². The number of rotatable bonds is 4. The molecule has 2 aromatic heterocycles. The number of H-pyrrole nitrogens is 2. The number of nitrogens with zero attached hydrogens (tertiary/aromatic N) is 4. The van der Waals surface area contributed by atoms with Crippen LogP contribution in [0.3, 0.4) is 0 Å². The van der Waals surface area contributed by atoms with Crippen LogP contribution in [0, 0.1) is 0 Å². The standard InChI is InChI=1S/C20H25N7O2/c1-25(2)13-15-12-14(6-7-21-15)22-20(29)27-10-8-26(9-11-27)17-5-3-4-16-18(17)24-19(28)23-16/h3-7,12H,8-11,13H2,1-2H3,(H,21,22,29)(H2,23,24,28). The third kappa shape index (κ3) is 4.24. The molecule has 0 atom stereocenters. The predicted molar refractivity (Wildman–Crippen MR) is 113 cm³/mol. The van der Waals surface area contributed by atoms with Gasteiger partial charge < -0.3 is 30.0 Å². The molecule has 1 aliphatic rings. The third-order valence-corrected chi connectivity index (χ3v) is 4.98. The van der Waals surface area contributed by atoms with Crippen molar-refractivity contribution in [1.29, 1.82) is 0 Å². The van der Waals surface area contributed by atoms with E-state index in [9.17, 15) is 9.59 Å². The lowest BCUT2D eigenvalue weighted by Crippen LogP contribution is -2.50. The summed E-state index contributed by atoms with van der Waals surface area (Å²) >= 11 is 0. The van der Waals surface area contributed by atoms with Crippen LogP contribution in [0.1, 0.15) is 5.69 Å². The van der Waals surface area contributed by atoms with Crippen molar-refractivity contribution in [3.05, 3.63) is 52.7 Å². The van der Waals surface area contributed by atoms with Gasteiger partial charge in [0.2, 0.25) is 0 Å². The Labute approximate surface area is 168 Å². The van der Waals surface area contributed by atoms with E-state index in [0.29, 0.717) is 26.2 Å². The second-order valence-corrected chi connectivity index (χ2v) is 7.46. The van der Waals surface area contributed by atoms with Crippen LogP contribution < -0.4 is 15.9 Å². The highest BCUT2D eigenvalue weighted by Crippen LogP contribution is 2.24. The smallest absolute Gasteiger partial charge is 0.323 e. The minimum Gasteiger partial charge on any atom is -0.366 e. The average Bonchev–Trinajstić information content (AvgIpc) is 3.08. The number of piperazine rings is 1. The fraction of sp³-hybridized carbons (Fsp3) is 0.350. The maximum absolute atomic E-state index is 12.7. The van der Waals surface area contributed by atoms with E-state index in [1.807, 2.05) is 48.2 Å². The highest BCUT2D eigenvalue weighted by atomic mass is 16.2. The van der Waals surface area contributed by atoms with Crippen molar-refractivity contribution in [2.24, 2.45) is 0 Å². The molecule has 29 heavy (non-hydrogen) atoms. The number of aromatic amines is 2. The first-order valence-corrected chi connectivity index (χ1v) is 9.61. The van der Waals surface area contributed by atoms with Crippen molar-refractivity contribution in [3.63, 3.8) is 0 Å². The molecular weight excluding hydrogens is 370 g/mol. The molecule has 9 nitrogen and oxygen atoms in total. The van der Waals surface area contributed by atoms with Gasteiger partial charge in [0.15, 0.2) is 0 Å². The van der Waals surface area contributed by atoms with E-state index in [1.165, 1.54) is 0 Å². The molecule has 1 saturated heterocycles. The number of anilines is 2. The van der Waals surface area contributed by atoms with Gasteiger partial charge in [-0.15, -0.1) is 0 Å². The number of carbonyl (C=O) groups is 1. The largest absolute Gasteiger partial charge is 0.366 e. The number of carbonyl (C=O) groups excluding carboxylic acids is 1. The van der Waals surface area contributed by atoms with Gasteiger partial charge in [0.25, 0.3) is 0 Å². The molecule has 3 aromatic rings. The molecule has 1 aromatic carbocycles. The van der Waals surface area contributed by atoms with Gasteiger partial charge in [0.05, 0.1) is 22.4 Å². The third-order valence-electron chi connectivity index (χ3n) is 4.98. The monoisotopic (exact) mass is 395 g/mol. The topological polar surface area (TPSA) is 100 Å². The fourth-order valence-electron chi connectivity index (χ4n) is 3.63. The van der Waals surface area contributed by atoms with Crippen molar-refractivity contribution in [2.45, 2.75) is 6.54 Å². The van der Waals surface area contributed by atoms with Crippen LogP contribution in [-0.2, 0) is 6.54 Å². The van der Waals surface area contributed by atoms with Gasteiger partial charge in [-0.1, -0.05) is 6.07 Å². The Morgan fingerprint density at radius 3 is 2.72 bits per heavy atom. The van der Waals surface area contributed by atoms with Crippen LogP contribution in [0.25, 0.3) is 11.0 Å². The summed E-state index contributed by atoms with van der Waals surface area (Å²) < 4.78 is 0. The number of para-hydroxylation sites is 1. The summed E-state index contributed by atoms with van der Waals surface area (Å²) in [7, 11) is 3.96. The zero-order valence-corrected chi connectivity index (χ0v) is 16.6. The molecule has 0 saturated carbocycles. The number of benzene rings is 1. The summed E-state index contributed by atoms with van der Waals surface area (Å²) in [6, 6.07) is 9.38. The van der Waals surface area contributed by atoms with Crippen LogP contribution in [0.15, 0.2) is 41.3 Å². The second kappa shape index (κ2) is 7.96. The zero-order chi connectivity index (χ0) is 20.4. The zero-order valence-electron chi connectivity index (χ0n) is 16.6. The lowest BCUT2D eigenvalue weighted by atomic mass is 10.2. The molecule has 3 N–H and O–H groups in total. The number of nitrogens with one attached hydrogen (secondary N) is 3. The van der Waals surface area contributed by atoms with Gasteiger partial charge in [0, 0.05) is 44.6 Å². The molecule has 4 rings (SSSR count). The minimum atomic E-state index is -0.212. The SMILES string of the molecule is CN(C)Cc1cc(NC(=O)N2CCN(c3cccc4[nH]c(=O)[nH]c34)CC2)ccn1. The molecule has 1 aliphatic heterocycles. The Kier molecular flexibility index (Phi) is 5.22. The molecule has 2 amide bonds. The van der Waals surface area contributed by atoms with Crippen molar-refractivity contribution in [3.8, 4) is 0 Å². The first-order chi connectivity index (χ1) is 14.0. The number of imidazole rings is 1. The fourth-order valence-corrected chi connectivity index (χ4v) is 3.63. The molecule has 0 aliphatic carbocycles. The quantitative estimate of drug-likeness (QED) is 0.624. The Morgan fingerprint density at radius 1 is 1.17 bits per heavy atom. The van der Waals surface area contributed by atoms with Crippen molar-refractivity contribution < 1.29 is 4.79 Å². The molecule has 3 heterocycles. The highest BCUT2D eigenvalue weighted by Gasteiger charge is 2.23. The number of hydrogen-bond acceptors (Lipinski definition) is 5. The Bertz CT molecular complexity index is 1060. The van der Waals surface area contributed by atoms with Gasteiger partial charge in [0.1, 0.15) is 0 Å². The van der Waals surface area contributed by atoms with E-state index < -0.39 is 0 Å². The first kappa shape index (κ1) is 19.0. The minimum absolute atomic E-state index is 0.111. The molecule has 0 unspecified atom stereocenters. The number of urea groups is 1. The van der Waals surface area contributed by atoms with Gasteiger partial charge in [-0.25, -0.2) is 9.59 Å². The van der Waals surface area contributed by atoms with Gasteiger partial charge in [-0.2, -0.15) is 0 Å². The second-order valence-electron chi connectivity index (χ2n) is 7.46. The van der Waals surface area contributed by atoms with Crippen LogP contribution >= 0.6 is 0 Å².